The van der Waals surface area contributed by atoms with Crippen molar-refractivity contribution in [2.75, 3.05) is 23.3 Å². The van der Waals surface area contributed by atoms with E-state index in [0.29, 0.717) is 30.6 Å². The monoisotopic (exact) mass is 420 g/mol. The Kier molecular flexibility index (Phi) is 5.64. The van der Waals surface area contributed by atoms with E-state index in [9.17, 15) is 23.1 Å². The third-order valence-electron chi connectivity index (χ3n) is 4.48. The molecule has 0 atom stereocenters. The summed E-state index contributed by atoms with van der Waals surface area (Å²) in [7, 11) is -2.89. The Labute approximate surface area is 167 Å². The second-order valence-electron chi connectivity index (χ2n) is 6.51. The number of carboxylic acids is 1. The lowest BCUT2D eigenvalue weighted by Crippen LogP contribution is -2.24. The van der Waals surface area contributed by atoms with Gasteiger partial charge in [-0.05, 0) is 42.3 Å². The molecule has 0 bridgehead atoms. The minimum Gasteiger partial charge on any atom is -0.506 e. The van der Waals surface area contributed by atoms with Crippen LogP contribution in [0.15, 0.2) is 41.3 Å². The van der Waals surface area contributed by atoms with Crippen LogP contribution in [0.5, 0.6) is 11.5 Å². The van der Waals surface area contributed by atoms with Gasteiger partial charge in [0.25, 0.3) is 10.0 Å². The van der Waals surface area contributed by atoms with Crippen molar-refractivity contribution in [3.05, 3.63) is 42.0 Å². The summed E-state index contributed by atoms with van der Waals surface area (Å²) in [5.74, 6) is -1.47. The molecule has 3 rings (SSSR count). The van der Waals surface area contributed by atoms with Gasteiger partial charge in [-0.3, -0.25) is 14.3 Å². The maximum absolute atomic E-state index is 13.0. The van der Waals surface area contributed by atoms with Gasteiger partial charge < -0.3 is 19.8 Å². The number of benzene rings is 2. The van der Waals surface area contributed by atoms with Crippen LogP contribution in [-0.2, 0) is 26.0 Å². The maximum atomic E-state index is 13.0. The van der Waals surface area contributed by atoms with Gasteiger partial charge in [-0.2, -0.15) is 0 Å². The van der Waals surface area contributed by atoms with E-state index in [4.69, 9.17) is 9.84 Å². The molecule has 0 spiro atoms. The smallest absolute Gasteiger partial charge is 0.307 e. The van der Waals surface area contributed by atoms with Gasteiger partial charge >= 0.3 is 5.97 Å². The maximum Gasteiger partial charge on any atom is 0.307 e. The summed E-state index contributed by atoms with van der Waals surface area (Å²) in [5.41, 5.74) is 0.586. The fourth-order valence-electron chi connectivity index (χ4n) is 3.11. The molecule has 1 fully saturated rings. The molecule has 29 heavy (non-hydrogen) atoms. The first-order valence-corrected chi connectivity index (χ1v) is 10.2. The molecule has 0 radical (unpaired) electrons. The number of phenols is 1. The second kappa shape index (κ2) is 8.00. The summed E-state index contributed by atoms with van der Waals surface area (Å²) in [6, 6.07) is 8.25. The van der Waals surface area contributed by atoms with Crippen LogP contribution < -0.4 is 14.4 Å². The molecule has 1 aliphatic rings. The standard InChI is InChI=1S/C19H20N2O7S/c1-28-16-7-5-13(21-8-2-3-18(21)23)11-17(16)29(26,27)20-14-9-12(10-19(24)25)4-6-15(14)22/h4-7,9,11,20,22H,2-3,8,10H2,1H3,(H,24,25). The Morgan fingerprint density at radius 1 is 1.24 bits per heavy atom. The molecule has 3 N–H and O–H groups in total. The Morgan fingerprint density at radius 2 is 2.00 bits per heavy atom. The van der Waals surface area contributed by atoms with E-state index in [-0.39, 0.29) is 34.4 Å². The van der Waals surface area contributed by atoms with E-state index in [2.05, 4.69) is 4.72 Å². The number of phenolic OH excluding ortho intramolecular Hbond substituents is 1. The lowest BCUT2D eigenvalue weighted by atomic mass is 10.1. The van der Waals surface area contributed by atoms with Crippen molar-refractivity contribution in [1.82, 2.24) is 0 Å². The minimum absolute atomic E-state index is 0.0640. The number of ether oxygens (including phenoxy) is 1. The first-order chi connectivity index (χ1) is 13.7. The quantitative estimate of drug-likeness (QED) is 0.583. The van der Waals surface area contributed by atoms with Crippen molar-refractivity contribution < 1.29 is 33.0 Å². The number of aliphatic carboxylic acids is 1. The SMILES string of the molecule is COc1ccc(N2CCCC2=O)cc1S(=O)(=O)Nc1cc(CC(=O)O)ccc1O. The molecule has 1 amide bonds. The number of amides is 1. The van der Waals surface area contributed by atoms with Crippen LogP contribution in [0.25, 0.3) is 0 Å². The van der Waals surface area contributed by atoms with Gasteiger partial charge in [0.05, 0.1) is 19.2 Å². The zero-order valence-electron chi connectivity index (χ0n) is 15.6. The number of carboxylic acid groups (broad SMARTS) is 1. The number of hydrogen-bond donors (Lipinski definition) is 3. The molecule has 0 aliphatic carbocycles. The van der Waals surface area contributed by atoms with E-state index < -0.39 is 16.0 Å². The molecular weight excluding hydrogens is 400 g/mol. The second-order valence-corrected chi connectivity index (χ2v) is 8.16. The highest BCUT2D eigenvalue weighted by molar-refractivity contribution is 7.92. The highest BCUT2D eigenvalue weighted by atomic mass is 32.2. The number of sulfonamides is 1. The predicted molar refractivity (Wildman–Crippen MR) is 105 cm³/mol. The number of rotatable bonds is 7. The Hall–Kier alpha value is -3.27. The lowest BCUT2D eigenvalue weighted by molar-refractivity contribution is -0.136. The molecule has 2 aromatic carbocycles. The van der Waals surface area contributed by atoms with Crippen molar-refractivity contribution in [2.24, 2.45) is 0 Å². The third kappa shape index (κ3) is 4.43. The molecule has 1 heterocycles. The predicted octanol–water partition coefficient (Wildman–Crippen LogP) is 1.96. The van der Waals surface area contributed by atoms with E-state index in [1.54, 1.807) is 6.07 Å². The molecule has 0 aromatic heterocycles. The fourth-order valence-corrected chi connectivity index (χ4v) is 4.37. The molecule has 2 aromatic rings. The number of nitrogens with zero attached hydrogens (tertiary/aromatic N) is 1. The summed E-state index contributed by atoms with van der Waals surface area (Å²) < 4.78 is 33.4. The fraction of sp³-hybridized carbons (Fsp3) is 0.263. The number of aromatic hydroxyl groups is 1. The van der Waals surface area contributed by atoms with E-state index >= 15 is 0 Å². The topological polar surface area (TPSA) is 133 Å². The highest BCUT2D eigenvalue weighted by Gasteiger charge is 2.26. The molecule has 154 valence electrons. The minimum atomic E-state index is -4.21. The highest BCUT2D eigenvalue weighted by Crippen LogP contribution is 2.34. The average Bonchev–Trinajstić information content (AvgIpc) is 3.09. The van der Waals surface area contributed by atoms with Crippen LogP contribution in [-0.4, -0.2) is 44.2 Å². The number of nitrogens with one attached hydrogen (secondary N) is 1. The summed E-state index contributed by atoms with van der Waals surface area (Å²) in [6.07, 6.45) is 0.761. The van der Waals surface area contributed by atoms with Crippen LogP contribution in [0.3, 0.4) is 0 Å². The van der Waals surface area contributed by atoms with Crippen molar-refractivity contribution in [1.29, 1.82) is 0 Å². The Bertz CT molecular complexity index is 1070. The van der Waals surface area contributed by atoms with Crippen LogP contribution in [0.2, 0.25) is 0 Å². The molecule has 1 aliphatic heterocycles. The van der Waals surface area contributed by atoms with Crippen molar-refractivity contribution in [2.45, 2.75) is 24.2 Å². The summed E-state index contributed by atoms with van der Waals surface area (Å²) >= 11 is 0. The third-order valence-corrected chi connectivity index (χ3v) is 5.87. The zero-order valence-corrected chi connectivity index (χ0v) is 16.4. The molecule has 9 nitrogen and oxygen atoms in total. The van der Waals surface area contributed by atoms with Gasteiger partial charge in [-0.1, -0.05) is 6.07 Å². The molecule has 10 heteroatoms. The van der Waals surface area contributed by atoms with E-state index in [1.165, 1.54) is 42.3 Å². The largest absolute Gasteiger partial charge is 0.506 e. The normalized spacial score (nSPS) is 14.1. The van der Waals surface area contributed by atoms with Gasteiger partial charge in [0.1, 0.15) is 16.4 Å². The van der Waals surface area contributed by atoms with Gasteiger partial charge in [-0.15, -0.1) is 0 Å². The summed E-state index contributed by atoms with van der Waals surface area (Å²) in [5, 5.41) is 18.9. The molecular formula is C19H20N2O7S. The van der Waals surface area contributed by atoms with Gasteiger partial charge in [0, 0.05) is 18.7 Å². The first kappa shape index (κ1) is 20.5. The average molecular weight is 420 g/mol. The molecule has 0 unspecified atom stereocenters. The van der Waals surface area contributed by atoms with E-state index in [1.807, 2.05) is 0 Å². The Morgan fingerprint density at radius 3 is 2.62 bits per heavy atom. The van der Waals surface area contributed by atoms with Crippen LogP contribution in [0, 0.1) is 0 Å². The number of carbonyl (C=O) groups is 2. The number of anilines is 2. The van der Waals surface area contributed by atoms with Crippen molar-refractivity contribution in [3.63, 3.8) is 0 Å². The summed E-state index contributed by atoms with van der Waals surface area (Å²) in [4.78, 5) is 24.2. The Balaban J connectivity index is 1.99. The molecule has 1 saturated heterocycles. The number of hydrogen-bond acceptors (Lipinski definition) is 6. The van der Waals surface area contributed by atoms with E-state index in [0.717, 1.165) is 0 Å². The number of carbonyl (C=O) groups excluding carboxylic acids is 1. The lowest BCUT2D eigenvalue weighted by Gasteiger charge is -2.19. The van der Waals surface area contributed by atoms with Crippen LogP contribution in [0.4, 0.5) is 11.4 Å². The van der Waals surface area contributed by atoms with Crippen LogP contribution in [0.1, 0.15) is 18.4 Å². The van der Waals surface area contributed by atoms with Gasteiger partial charge in [-0.25, -0.2) is 8.42 Å². The number of methoxy groups -OCH3 is 1. The molecule has 0 saturated carbocycles. The summed E-state index contributed by atoms with van der Waals surface area (Å²) in [6.45, 7) is 0.496. The zero-order chi connectivity index (χ0) is 21.2. The van der Waals surface area contributed by atoms with Crippen molar-refractivity contribution >= 4 is 33.3 Å². The van der Waals surface area contributed by atoms with Crippen molar-refractivity contribution in [3.8, 4) is 11.5 Å². The van der Waals surface area contributed by atoms with Gasteiger partial charge in [0.15, 0.2) is 0 Å². The van der Waals surface area contributed by atoms with Gasteiger partial charge in [0.2, 0.25) is 5.91 Å². The van der Waals surface area contributed by atoms with Crippen LogP contribution >= 0.6 is 0 Å². The first-order valence-electron chi connectivity index (χ1n) is 8.76.